The van der Waals surface area contributed by atoms with E-state index in [1.54, 1.807) is 0 Å². The van der Waals surface area contributed by atoms with Crippen molar-refractivity contribution in [3.05, 3.63) is 33.9 Å². The first-order valence-electron chi connectivity index (χ1n) is 5.72. The second-order valence-electron chi connectivity index (χ2n) is 3.16. The molecule has 0 radical (unpaired) electrons. The molecule has 1 amide bonds. The van der Waals surface area contributed by atoms with Crippen molar-refractivity contribution in [3.8, 4) is 0 Å². The largest absolute Gasteiger partial charge is 0.453 e. The number of rotatable bonds is 4. The van der Waals surface area contributed by atoms with Gasteiger partial charge in [0.1, 0.15) is 0 Å². The number of nitro groups is 1. The molecular weight excluding hydrogens is 332 g/mol. The molecule has 20 heavy (non-hydrogen) atoms. The fourth-order valence-corrected chi connectivity index (χ4v) is 1.54. The van der Waals surface area contributed by atoms with Gasteiger partial charge in [-0.25, -0.2) is 4.79 Å². The van der Waals surface area contributed by atoms with Gasteiger partial charge in [-0.15, -0.1) is 0 Å². The molecule has 0 fully saturated rings. The zero-order valence-corrected chi connectivity index (χ0v) is 12.9. The number of ketones is 1. The third-order valence-electron chi connectivity index (χ3n) is 2.05. The van der Waals surface area contributed by atoms with Crippen LogP contribution in [0, 0.1) is 10.1 Å². The van der Waals surface area contributed by atoms with Gasteiger partial charge in [-0.1, -0.05) is 29.8 Å². The normalized spacial score (nSPS) is 9.00. The predicted octanol–water partition coefficient (Wildman–Crippen LogP) is 3.38. The van der Waals surface area contributed by atoms with Gasteiger partial charge in [0.15, 0.2) is 5.78 Å². The molecule has 0 bridgehead atoms. The molecule has 1 aromatic carbocycles. The van der Waals surface area contributed by atoms with Crippen LogP contribution >= 0.6 is 15.9 Å². The van der Waals surface area contributed by atoms with Crippen LogP contribution in [-0.4, -0.2) is 29.2 Å². The molecule has 0 aromatic heterocycles. The Bertz CT molecular complexity index is 505. The quantitative estimate of drug-likeness (QED) is 0.390. The van der Waals surface area contributed by atoms with E-state index < -0.39 is 16.8 Å². The number of alkyl halides is 1. The number of Topliss-reactive ketones (excluding diaryl/α,β-unsaturated/α-hetero) is 1. The van der Waals surface area contributed by atoms with E-state index in [0.717, 1.165) is 6.07 Å². The van der Waals surface area contributed by atoms with Crippen LogP contribution < -0.4 is 5.32 Å². The molecule has 0 saturated carbocycles. The van der Waals surface area contributed by atoms with E-state index in [2.05, 4.69) is 26.0 Å². The second kappa shape index (κ2) is 9.03. The van der Waals surface area contributed by atoms with Crippen LogP contribution in [0.5, 0.6) is 0 Å². The van der Waals surface area contributed by atoms with E-state index in [1.807, 2.05) is 13.8 Å². The standard InChI is InChI=1S/C10H9BrN2O5.C2H6/c1-18-10(15)12-6-2-3-7(9(14)5-11)8(4-6)13(16)17;1-2/h2-4H,5H2,1H3,(H,12,15);1-2H3. The predicted molar refractivity (Wildman–Crippen MR) is 78.6 cm³/mol. The fraction of sp³-hybridized carbons (Fsp3) is 0.333. The highest BCUT2D eigenvalue weighted by Crippen LogP contribution is 2.24. The molecule has 1 N–H and O–H groups in total. The first-order valence-corrected chi connectivity index (χ1v) is 6.84. The summed E-state index contributed by atoms with van der Waals surface area (Å²) < 4.78 is 4.36. The highest BCUT2D eigenvalue weighted by atomic mass is 79.9. The molecular formula is C12H15BrN2O5. The van der Waals surface area contributed by atoms with Crippen molar-refractivity contribution in [2.45, 2.75) is 13.8 Å². The van der Waals surface area contributed by atoms with Gasteiger partial charge in [0, 0.05) is 6.07 Å². The van der Waals surface area contributed by atoms with Gasteiger partial charge in [0.25, 0.3) is 5.69 Å². The summed E-state index contributed by atoms with van der Waals surface area (Å²) in [6.45, 7) is 4.00. The maximum Gasteiger partial charge on any atom is 0.411 e. The van der Waals surface area contributed by atoms with Crippen molar-refractivity contribution < 1.29 is 19.2 Å². The lowest BCUT2D eigenvalue weighted by Gasteiger charge is -2.05. The van der Waals surface area contributed by atoms with Crippen LogP contribution in [0.25, 0.3) is 0 Å². The van der Waals surface area contributed by atoms with Crippen molar-refractivity contribution in [1.29, 1.82) is 0 Å². The van der Waals surface area contributed by atoms with Crippen LogP contribution in [0.2, 0.25) is 0 Å². The Labute approximate surface area is 124 Å². The van der Waals surface area contributed by atoms with Crippen molar-refractivity contribution in [2.75, 3.05) is 17.8 Å². The molecule has 0 saturated heterocycles. The summed E-state index contributed by atoms with van der Waals surface area (Å²) in [6, 6.07) is 3.78. The molecule has 1 rings (SSSR count). The first-order chi connectivity index (χ1) is 9.49. The average Bonchev–Trinajstić information content (AvgIpc) is 2.48. The fourth-order valence-electron chi connectivity index (χ4n) is 1.24. The zero-order valence-electron chi connectivity index (χ0n) is 11.3. The topological polar surface area (TPSA) is 98.5 Å². The van der Waals surface area contributed by atoms with Crippen LogP contribution in [0.1, 0.15) is 24.2 Å². The summed E-state index contributed by atoms with van der Waals surface area (Å²) >= 11 is 2.94. The summed E-state index contributed by atoms with van der Waals surface area (Å²) in [5.41, 5.74) is -0.208. The number of nitrogens with one attached hydrogen (secondary N) is 1. The number of benzene rings is 1. The summed E-state index contributed by atoms with van der Waals surface area (Å²) in [5.74, 6) is -0.411. The Kier molecular flexibility index (Phi) is 8.14. The lowest BCUT2D eigenvalue weighted by molar-refractivity contribution is -0.385. The van der Waals surface area contributed by atoms with Crippen molar-refractivity contribution in [1.82, 2.24) is 0 Å². The van der Waals surface area contributed by atoms with E-state index in [1.165, 1.54) is 19.2 Å². The molecule has 8 heteroatoms. The number of nitrogens with zero attached hydrogens (tertiary/aromatic N) is 1. The van der Waals surface area contributed by atoms with Gasteiger partial charge in [-0.2, -0.15) is 0 Å². The number of nitro benzene ring substituents is 1. The minimum Gasteiger partial charge on any atom is -0.453 e. The number of anilines is 1. The van der Waals surface area contributed by atoms with Crippen LogP contribution in [-0.2, 0) is 4.74 Å². The number of carbonyl (C=O) groups is 2. The van der Waals surface area contributed by atoms with Crippen molar-refractivity contribution in [2.24, 2.45) is 0 Å². The average molecular weight is 347 g/mol. The first kappa shape index (κ1) is 18.0. The molecule has 0 atom stereocenters. The number of hydrogen-bond donors (Lipinski definition) is 1. The molecule has 0 aliphatic heterocycles. The third kappa shape index (κ3) is 4.96. The molecule has 0 heterocycles. The van der Waals surface area contributed by atoms with Gasteiger partial charge in [-0.05, 0) is 12.1 Å². The molecule has 0 spiro atoms. The molecule has 1 aromatic rings. The molecule has 7 nitrogen and oxygen atoms in total. The zero-order chi connectivity index (χ0) is 15.7. The summed E-state index contributed by atoms with van der Waals surface area (Å²) in [6.07, 6.45) is -0.746. The van der Waals surface area contributed by atoms with Crippen LogP contribution in [0.15, 0.2) is 18.2 Å². The van der Waals surface area contributed by atoms with Gasteiger partial charge in [-0.3, -0.25) is 20.2 Å². The van der Waals surface area contributed by atoms with E-state index in [9.17, 15) is 19.7 Å². The Balaban J connectivity index is 0.00000172. The van der Waals surface area contributed by atoms with Gasteiger partial charge in [0.2, 0.25) is 0 Å². The monoisotopic (exact) mass is 346 g/mol. The highest BCUT2D eigenvalue weighted by Gasteiger charge is 2.20. The van der Waals surface area contributed by atoms with Crippen molar-refractivity contribution >= 4 is 39.2 Å². The van der Waals surface area contributed by atoms with E-state index >= 15 is 0 Å². The number of halogens is 1. The van der Waals surface area contributed by atoms with Gasteiger partial charge >= 0.3 is 6.09 Å². The van der Waals surface area contributed by atoms with Crippen LogP contribution in [0.4, 0.5) is 16.2 Å². The van der Waals surface area contributed by atoms with Gasteiger partial charge in [0.05, 0.1) is 28.6 Å². The van der Waals surface area contributed by atoms with Crippen LogP contribution in [0.3, 0.4) is 0 Å². The molecule has 110 valence electrons. The van der Waals surface area contributed by atoms with Gasteiger partial charge < -0.3 is 4.74 Å². The maximum atomic E-state index is 11.5. The molecule has 0 unspecified atom stereocenters. The summed E-state index contributed by atoms with van der Waals surface area (Å²) in [7, 11) is 1.17. The minimum absolute atomic E-state index is 0.0163. The van der Waals surface area contributed by atoms with E-state index in [-0.39, 0.29) is 22.3 Å². The Morgan fingerprint density at radius 1 is 1.40 bits per heavy atom. The number of ether oxygens (including phenoxy) is 1. The SMILES string of the molecule is CC.COC(=O)Nc1ccc(C(=O)CBr)c([N+](=O)[O-])c1. The van der Waals surface area contributed by atoms with E-state index in [0.29, 0.717) is 0 Å². The Morgan fingerprint density at radius 3 is 2.45 bits per heavy atom. The molecule has 0 aliphatic rings. The van der Waals surface area contributed by atoms with Crippen molar-refractivity contribution in [3.63, 3.8) is 0 Å². The lowest BCUT2D eigenvalue weighted by atomic mass is 10.1. The smallest absolute Gasteiger partial charge is 0.411 e. The Hall–Kier alpha value is -1.96. The Morgan fingerprint density at radius 2 is 2.00 bits per heavy atom. The number of carbonyl (C=O) groups excluding carboxylic acids is 2. The highest BCUT2D eigenvalue weighted by molar-refractivity contribution is 9.09. The van der Waals surface area contributed by atoms with E-state index in [4.69, 9.17) is 0 Å². The summed E-state index contributed by atoms with van der Waals surface area (Å²) in [5, 5.41) is 13.1. The number of hydrogen-bond acceptors (Lipinski definition) is 5. The molecule has 0 aliphatic carbocycles. The maximum absolute atomic E-state index is 11.5. The summed E-state index contributed by atoms with van der Waals surface area (Å²) in [4.78, 5) is 32.6. The number of methoxy groups -OCH3 is 1. The third-order valence-corrected chi connectivity index (χ3v) is 2.56. The second-order valence-corrected chi connectivity index (χ2v) is 3.72. The number of amides is 1. The lowest BCUT2D eigenvalue weighted by Crippen LogP contribution is -2.12. The minimum atomic E-state index is -0.746.